The number of amides is 1. The number of nitriles is 1. The summed E-state index contributed by atoms with van der Waals surface area (Å²) in [6.07, 6.45) is 3.00. The van der Waals surface area contributed by atoms with Gasteiger partial charge in [0.2, 0.25) is 11.8 Å². The fourth-order valence-electron chi connectivity index (χ4n) is 3.49. The zero-order valence-electron chi connectivity index (χ0n) is 16.6. The zero-order valence-corrected chi connectivity index (χ0v) is 16.6. The number of hydrogen-bond donors (Lipinski definition) is 0. The maximum absolute atomic E-state index is 12.9. The standard InChI is InChI=1S/C22H21N5O3/c1-15-25-20(26-30-15)17-7-9-27(10-8-17)22(28)19-11-18(12-23)21(24-13-19)29-14-16-5-3-2-4-6-16/h2-6,11,13,17H,7-10,14H2,1H3. The molecule has 0 N–H and O–H groups in total. The van der Waals surface area contributed by atoms with Gasteiger partial charge in [0, 0.05) is 32.1 Å². The van der Waals surface area contributed by atoms with Gasteiger partial charge >= 0.3 is 0 Å². The molecule has 3 aromatic rings. The van der Waals surface area contributed by atoms with E-state index in [1.807, 2.05) is 30.3 Å². The number of likely N-dealkylation sites (tertiary alicyclic amines) is 1. The van der Waals surface area contributed by atoms with Crippen molar-refractivity contribution in [3.63, 3.8) is 0 Å². The molecule has 0 aliphatic carbocycles. The fourth-order valence-corrected chi connectivity index (χ4v) is 3.49. The largest absolute Gasteiger partial charge is 0.472 e. The maximum atomic E-state index is 12.9. The molecular formula is C22H21N5O3. The van der Waals surface area contributed by atoms with Crippen molar-refractivity contribution >= 4 is 5.91 Å². The molecule has 1 aliphatic rings. The van der Waals surface area contributed by atoms with Gasteiger partial charge in [0.25, 0.3) is 5.91 Å². The quantitative estimate of drug-likeness (QED) is 0.644. The number of ether oxygens (including phenoxy) is 1. The summed E-state index contributed by atoms with van der Waals surface area (Å²) in [7, 11) is 0. The Morgan fingerprint density at radius 2 is 2.07 bits per heavy atom. The predicted molar refractivity (Wildman–Crippen MR) is 107 cm³/mol. The lowest BCUT2D eigenvalue weighted by molar-refractivity contribution is 0.0710. The third kappa shape index (κ3) is 4.30. The van der Waals surface area contributed by atoms with Gasteiger partial charge in [-0.15, -0.1) is 0 Å². The van der Waals surface area contributed by atoms with E-state index in [9.17, 15) is 10.1 Å². The number of piperidine rings is 1. The summed E-state index contributed by atoms with van der Waals surface area (Å²) in [5.41, 5.74) is 1.60. The van der Waals surface area contributed by atoms with Crippen molar-refractivity contribution in [2.24, 2.45) is 0 Å². The molecule has 30 heavy (non-hydrogen) atoms. The highest BCUT2D eigenvalue weighted by molar-refractivity contribution is 5.94. The molecule has 0 spiro atoms. The molecule has 1 aromatic carbocycles. The Morgan fingerprint density at radius 3 is 2.73 bits per heavy atom. The van der Waals surface area contributed by atoms with Crippen LogP contribution in [0.5, 0.6) is 5.88 Å². The van der Waals surface area contributed by atoms with Crippen LogP contribution in [0.15, 0.2) is 47.1 Å². The molecule has 152 valence electrons. The van der Waals surface area contributed by atoms with E-state index in [0.717, 1.165) is 18.4 Å². The van der Waals surface area contributed by atoms with Gasteiger partial charge in [0.1, 0.15) is 18.2 Å². The smallest absolute Gasteiger partial charge is 0.255 e. The minimum Gasteiger partial charge on any atom is -0.472 e. The maximum Gasteiger partial charge on any atom is 0.255 e. The number of rotatable bonds is 5. The molecule has 0 radical (unpaired) electrons. The summed E-state index contributed by atoms with van der Waals surface area (Å²) < 4.78 is 10.7. The molecule has 3 heterocycles. The monoisotopic (exact) mass is 403 g/mol. The molecule has 1 amide bonds. The first-order valence-electron chi connectivity index (χ1n) is 9.80. The number of hydrogen-bond acceptors (Lipinski definition) is 7. The molecule has 4 rings (SSSR count). The van der Waals surface area contributed by atoms with E-state index in [0.29, 0.717) is 37.0 Å². The molecule has 1 aliphatic heterocycles. The van der Waals surface area contributed by atoms with Crippen LogP contribution in [0.4, 0.5) is 0 Å². The van der Waals surface area contributed by atoms with Crippen molar-refractivity contribution in [1.82, 2.24) is 20.0 Å². The second kappa shape index (κ2) is 8.74. The van der Waals surface area contributed by atoms with Gasteiger partial charge in [-0.2, -0.15) is 10.2 Å². The number of carbonyl (C=O) groups excluding carboxylic acids is 1. The lowest BCUT2D eigenvalue weighted by atomic mass is 9.95. The average Bonchev–Trinajstić information content (AvgIpc) is 3.24. The van der Waals surface area contributed by atoms with Crippen molar-refractivity contribution in [2.75, 3.05) is 13.1 Å². The number of benzene rings is 1. The van der Waals surface area contributed by atoms with Crippen LogP contribution in [0, 0.1) is 18.3 Å². The molecule has 0 bridgehead atoms. The first-order valence-corrected chi connectivity index (χ1v) is 9.80. The molecule has 8 nitrogen and oxygen atoms in total. The van der Waals surface area contributed by atoms with Crippen LogP contribution in [0.3, 0.4) is 0 Å². The Hall–Kier alpha value is -3.73. The molecule has 2 aromatic heterocycles. The van der Waals surface area contributed by atoms with E-state index < -0.39 is 0 Å². The molecule has 1 fully saturated rings. The minimum absolute atomic E-state index is 0.142. The lowest BCUT2D eigenvalue weighted by Crippen LogP contribution is -2.38. The van der Waals surface area contributed by atoms with Crippen LogP contribution >= 0.6 is 0 Å². The molecule has 1 saturated heterocycles. The van der Waals surface area contributed by atoms with Gasteiger partial charge in [-0.3, -0.25) is 4.79 Å². The normalized spacial score (nSPS) is 14.3. The van der Waals surface area contributed by atoms with E-state index in [2.05, 4.69) is 21.2 Å². The van der Waals surface area contributed by atoms with Gasteiger partial charge in [-0.25, -0.2) is 4.98 Å². The van der Waals surface area contributed by atoms with E-state index in [4.69, 9.17) is 9.26 Å². The Morgan fingerprint density at radius 1 is 1.30 bits per heavy atom. The highest BCUT2D eigenvalue weighted by atomic mass is 16.5. The van der Waals surface area contributed by atoms with Crippen LogP contribution in [0.25, 0.3) is 0 Å². The van der Waals surface area contributed by atoms with E-state index in [1.165, 1.54) is 6.20 Å². The lowest BCUT2D eigenvalue weighted by Gasteiger charge is -2.30. The van der Waals surface area contributed by atoms with Crippen molar-refractivity contribution < 1.29 is 14.1 Å². The second-order valence-corrected chi connectivity index (χ2v) is 7.20. The third-order valence-corrected chi connectivity index (χ3v) is 5.13. The molecule has 0 saturated carbocycles. The molecule has 0 atom stereocenters. The highest BCUT2D eigenvalue weighted by Crippen LogP contribution is 2.27. The highest BCUT2D eigenvalue weighted by Gasteiger charge is 2.27. The SMILES string of the molecule is Cc1nc(C2CCN(C(=O)c3cnc(OCc4ccccc4)c(C#N)c3)CC2)no1. The number of pyridine rings is 1. The minimum atomic E-state index is -0.142. The summed E-state index contributed by atoms with van der Waals surface area (Å²) >= 11 is 0. The van der Waals surface area contributed by atoms with E-state index >= 15 is 0 Å². The van der Waals surface area contributed by atoms with Crippen LogP contribution in [0.1, 0.15) is 52.0 Å². The Balaban J connectivity index is 1.40. The van der Waals surface area contributed by atoms with Crippen molar-refractivity contribution in [3.05, 3.63) is 71.0 Å². The van der Waals surface area contributed by atoms with Crippen molar-refractivity contribution in [1.29, 1.82) is 5.26 Å². The van der Waals surface area contributed by atoms with Crippen LogP contribution in [-0.2, 0) is 6.61 Å². The average molecular weight is 403 g/mol. The van der Waals surface area contributed by atoms with Gasteiger partial charge in [0.15, 0.2) is 5.82 Å². The van der Waals surface area contributed by atoms with Gasteiger partial charge in [-0.05, 0) is 24.5 Å². The van der Waals surface area contributed by atoms with Gasteiger partial charge < -0.3 is 14.2 Å². The number of carbonyl (C=O) groups is 1. The van der Waals surface area contributed by atoms with Gasteiger partial charge in [0.05, 0.1) is 5.56 Å². The van der Waals surface area contributed by atoms with E-state index in [-0.39, 0.29) is 23.3 Å². The number of aromatic nitrogens is 3. The number of nitrogens with zero attached hydrogens (tertiary/aromatic N) is 5. The summed E-state index contributed by atoms with van der Waals surface area (Å²) in [6.45, 7) is 3.25. The van der Waals surface area contributed by atoms with Crippen molar-refractivity contribution in [3.8, 4) is 11.9 Å². The fraction of sp³-hybridized carbons (Fsp3) is 0.318. The van der Waals surface area contributed by atoms with Crippen LogP contribution in [-0.4, -0.2) is 39.0 Å². The second-order valence-electron chi connectivity index (χ2n) is 7.20. The van der Waals surface area contributed by atoms with Gasteiger partial charge in [-0.1, -0.05) is 35.5 Å². The Labute approximate surface area is 174 Å². The first kappa shape index (κ1) is 19.6. The predicted octanol–water partition coefficient (Wildman–Crippen LogP) is 3.24. The summed E-state index contributed by atoms with van der Waals surface area (Å²) in [5, 5.41) is 13.5. The number of aryl methyl sites for hydroxylation is 1. The third-order valence-electron chi connectivity index (χ3n) is 5.13. The topological polar surface area (TPSA) is 105 Å². The molecule has 0 unspecified atom stereocenters. The van der Waals surface area contributed by atoms with Crippen LogP contribution in [0.2, 0.25) is 0 Å². The zero-order chi connectivity index (χ0) is 20.9. The Kier molecular flexibility index (Phi) is 5.70. The first-order chi connectivity index (χ1) is 14.6. The molecule has 8 heteroatoms. The Bertz CT molecular complexity index is 1070. The van der Waals surface area contributed by atoms with E-state index in [1.54, 1.807) is 17.9 Å². The summed E-state index contributed by atoms with van der Waals surface area (Å²) in [5.74, 6) is 1.52. The summed E-state index contributed by atoms with van der Waals surface area (Å²) in [4.78, 5) is 23.2. The van der Waals surface area contributed by atoms with Crippen LogP contribution < -0.4 is 4.74 Å². The van der Waals surface area contributed by atoms with Crippen molar-refractivity contribution in [2.45, 2.75) is 32.3 Å². The summed E-state index contributed by atoms with van der Waals surface area (Å²) in [6, 6.07) is 13.3. The molecular weight excluding hydrogens is 382 g/mol.